The molecule has 262 valence electrons. The first-order valence-corrected chi connectivity index (χ1v) is 17.7. The van der Waals surface area contributed by atoms with E-state index in [1.807, 2.05) is 35.1 Å². The fourth-order valence-corrected chi connectivity index (χ4v) is 7.14. The van der Waals surface area contributed by atoms with Crippen molar-refractivity contribution in [2.24, 2.45) is 5.41 Å². The van der Waals surface area contributed by atoms with Crippen LogP contribution in [0.15, 0.2) is 91.1 Å². The van der Waals surface area contributed by atoms with Crippen LogP contribution in [-0.4, -0.2) is 19.3 Å². The Balaban J connectivity index is 0.00000448. The molecule has 0 amide bonds. The summed E-state index contributed by atoms with van der Waals surface area (Å²) in [5.74, 6) is 2.58. The number of aromatic nitrogens is 4. The molecule has 6 heteroatoms. The van der Waals surface area contributed by atoms with Gasteiger partial charge in [0.15, 0.2) is 0 Å². The van der Waals surface area contributed by atoms with Crippen molar-refractivity contribution in [2.75, 3.05) is 0 Å². The van der Waals surface area contributed by atoms with Crippen LogP contribution in [0.1, 0.15) is 81.0 Å². The van der Waals surface area contributed by atoms with Gasteiger partial charge in [0.05, 0.1) is 5.69 Å². The summed E-state index contributed by atoms with van der Waals surface area (Å²) < 4.78 is 10.7. The first-order chi connectivity index (χ1) is 23.9. The second-order valence-corrected chi connectivity index (χ2v) is 15.1. The van der Waals surface area contributed by atoms with E-state index in [0.717, 1.165) is 61.6 Å². The number of hydrogen-bond donors (Lipinski definition) is 0. The van der Waals surface area contributed by atoms with Crippen molar-refractivity contribution in [3.8, 4) is 34.1 Å². The van der Waals surface area contributed by atoms with Gasteiger partial charge in [-0.05, 0) is 90.9 Å². The number of hydrogen-bond acceptors (Lipinski definition) is 3. The van der Waals surface area contributed by atoms with Crippen molar-refractivity contribution >= 4 is 21.8 Å². The summed E-state index contributed by atoms with van der Waals surface area (Å²) in [6.07, 6.45) is 5.49. The molecule has 0 N–H and O–H groups in total. The van der Waals surface area contributed by atoms with E-state index in [1.54, 1.807) is 0 Å². The van der Waals surface area contributed by atoms with Gasteiger partial charge in [-0.15, -0.1) is 35.7 Å². The largest absolute Gasteiger partial charge is 2.00 e. The fraction of sp³-hybridized carbons (Fsp3) is 0.289. The molecular weight excluding hydrogens is 808 g/mol. The third kappa shape index (κ3) is 7.60. The van der Waals surface area contributed by atoms with Crippen LogP contribution in [0.4, 0.5) is 0 Å². The predicted molar refractivity (Wildman–Crippen MR) is 206 cm³/mol. The van der Waals surface area contributed by atoms with Crippen molar-refractivity contribution in [3.63, 3.8) is 0 Å². The Bertz CT molecular complexity index is 2330. The number of pyridine rings is 1. The average molecular weight is 854 g/mol. The minimum Gasteiger partial charge on any atom is -0.509 e. The van der Waals surface area contributed by atoms with Crippen molar-refractivity contribution in [2.45, 2.75) is 80.6 Å². The monoisotopic (exact) mass is 853 g/mol. The molecule has 3 aromatic heterocycles. The molecule has 0 aliphatic rings. The zero-order valence-electron chi connectivity index (χ0n) is 30.9. The van der Waals surface area contributed by atoms with Gasteiger partial charge < -0.3 is 9.30 Å². The van der Waals surface area contributed by atoms with Gasteiger partial charge in [-0.25, -0.2) is 4.98 Å². The van der Waals surface area contributed by atoms with Crippen LogP contribution in [0, 0.1) is 45.2 Å². The molecule has 0 aliphatic heterocycles. The molecule has 1 unspecified atom stereocenters. The SMILES string of the molecule is Cc1cc(Oc2[c-]c3c(cc2)c2cc(C(C)CCCC(C)(C)C)ccc2n3-c2cc(C)ccn2)[c-]c(-n2nc(C)c(-c3ccccc3)c2C)c1.[Pt+2]. The molecule has 1 atom stereocenters. The van der Waals surface area contributed by atoms with Gasteiger partial charge in [-0.2, -0.15) is 16.7 Å². The molecule has 0 saturated carbocycles. The Morgan fingerprint density at radius 2 is 1.59 bits per heavy atom. The van der Waals surface area contributed by atoms with Crippen LogP contribution >= 0.6 is 0 Å². The summed E-state index contributed by atoms with van der Waals surface area (Å²) in [7, 11) is 0. The third-order valence-corrected chi connectivity index (χ3v) is 9.71. The minimum atomic E-state index is 0. The topological polar surface area (TPSA) is 44.9 Å². The number of benzene rings is 4. The molecule has 0 fully saturated rings. The number of fused-ring (bicyclic) bond motifs is 3. The quantitative estimate of drug-likeness (QED) is 0.136. The maximum atomic E-state index is 6.55. The molecule has 3 heterocycles. The van der Waals surface area contributed by atoms with Gasteiger partial charge in [0, 0.05) is 34.5 Å². The Kier molecular flexibility index (Phi) is 10.4. The first kappa shape index (κ1) is 36.3. The Morgan fingerprint density at radius 1 is 0.804 bits per heavy atom. The smallest absolute Gasteiger partial charge is 0.509 e. The minimum absolute atomic E-state index is 0. The maximum absolute atomic E-state index is 6.55. The van der Waals surface area contributed by atoms with Gasteiger partial charge in [0.25, 0.3) is 0 Å². The molecule has 5 nitrogen and oxygen atoms in total. The summed E-state index contributed by atoms with van der Waals surface area (Å²) in [6, 6.07) is 36.9. The van der Waals surface area contributed by atoms with E-state index in [0.29, 0.717) is 22.8 Å². The molecular formula is C45H46N4OPt. The predicted octanol–water partition coefficient (Wildman–Crippen LogP) is 12.0. The Labute approximate surface area is 317 Å². The summed E-state index contributed by atoms with van der Waals surface area (Å²) in [5.41, 5.74) is 11.2. The van der Waals surface area contributed by atoms with Crippen LogP contribution in [-0.2, 0) is 21.1 Å². The zero-order chi connectivity index (χ0) is 35.2. The average Bonchev–Trinajstić information content (AvgIpc) is 3.56. The van der Waals surface area contributed by atoms with E-state index < -0.39 is 0 Å². The molecule has 0 saturated heterocycles. The van der Waals surface area contributed by atoms with Crippen LogP contribution < -0.4 is 4.74 Å². The summed E-state index contributed by atoms with van der Waals surface area (Å²) >= 11 is 0. The van der Waals surface area contributed by atoms with Crippen molar-refractivity contribution < 1.29 is 25.8 Å². The van der Waals surface area contributed by atoms with Crippen molar-refractivity contribution in [1.29, 1.82) is 0 Å². The Hall–Kier alpha value is -4.47. The number of nitrogens with zero attached hydrogens (tertiary/aromatic N) is 4. The molecule has 0 bridgehead atoms. The molecule has 0 radical (unpaired) electrons. The molecule has 51 heavy (non-hydrogen) atoms. The number of rotatable bonds is 9. The molecule has 0 aliphatic carbocycles. The van der Waals surface area contributed by atoms with Gasteiger partial charge in [0.2, 0.25) is 0 Å². The number of ether oxygens (including phenoxy) is 1. The Morgan fingerprint density at radius 3 is 2.33 bits per heavy atom. The van der Waals surface area contributed by atoms with Gasteiger partial charge in [0.1, 0.15) is 5.82 Å². The number of aryl methyl sites for hydroxylation is 3. The van der Waals surface area contributed by atoms with Gasteiger partial charge in [-0.1, -0.05) is 89.0 Å². The normalized spacial score (nSPS) is 12.3. The van der Waals surface area contributed by atoms with E-state index in [9.17, 15) is 0 Å². The summed E-state index contributed by atoms with van der Waals surface area (Å²) in [4.78, 5) is 4.80. The molecule has 4 aromatic carbocycles. The van der Waals surface area contributed by atoms with Gasteiger partial charge >= 0.3 is 21.1 Å². The van der Waals surface area contributed by atoms with Crippen molar-refractivity contribution in [3.05, 3.63) is 131 Å². The first-order valence-electron chi connectivity index (χ1n) is 17.7. The zero-order valence-corrected chi connectivity index (χ0v) is 33.1. The summed E-state index contributed by atoms with van der Waals surface area (Å²) in [5, 5.41) is 7.25. The van der Waals surface area contributed by atoms with E-state index in [2.05, 4.69) is 133 Å². The molecule has 7 rings (SSSR count). The van der Waals surface area contributed by atoms with E-state index >= 15 is 0 Å². The van der Waals surface area contributed by atoms with E-state index in [-0.39, 0.29) is 21.1 Å². The van der Waals surface area contributed by atoms with Crippen LogP contribution in [0.3, 0.4) is 0 Å². The molecule has 7 aromatic rings. The summed E-state index contributed by atoms with van der Waals surface area (Å²) in [6.45, 7) is 17.7. The standard InChI is InChI=1S/C45H46N4O.Pt/c1-29-20-22-46-43(25-29)48-41-19-16-35(31(3)13-12-21-45(6,7)8)26-40(41)39-18-17-37(28-42(39)48)50-38-24-30(2)23-36(27-38)49-33(5)44(32(4)47-49)34-14-10-9-11-15-34;/h9-11,14-20,22-26,31H,12-13,21H2,1-8H3;/q-2;+2. The van der Waals surface area contributed by atoms with Gasteiger partial charge in [-0.3, -0.25) is 4.68 Å². The van der Waals surface area contributed by atoms with Crippen LogP contribution in [0.2, 0.25) is 0 Å². The maximum Gasteiger partial charge on any atom is 2.00 e. The van der Waals surface area contributed by atoms with Crippen molar-refractivity contribution in [1.82, 2.24) is 19.3 Å². The van der Waals surface area contributed by atoms with Crippen LogP contribution in [0.25, 0.3) is 44.4 Å². The second-order valence-electron chi connectivity index (χ2n) is 15.1. The third-order valence-electron chi connectivity index (χ3n) is 9.71. The van der Waals surface area contributed by atoms with Crippen LogP contribution in [0.5, 0.6) is 11.5 Å². The van der Waals surface area contributed by atoms with E-state index in [4.69, 9.17) is 14.8 Å². The fourth-order valence-electron chi connectivity index (χ4n) is 7.14. The van der Waals surface area contributed by atoms with E-state index in [1.165, 1.54) is 30.2 Å². The second kappa shape index (κ2) is 14.6. The molecule has 0 spiro atoms.